The Bertz CT molecular complexity index is 420. The Morgan fingerprint density at radius 1 is 1.58 bits per heavy atom. The van der Waals surface area contributed by atoms with Gasteiger partial charge in [-0.3, -0.25) is 4.98 Å². The van der Waals surface area contributed by atoms with Crippen LogP contribution in [0.25, 0.3) is 0 Å². The molecule has 0 radical (unpaired) electrons. The number of nitrogens with zero attached hydrogens (tertiary/aromatic N) is 1. The highest BCUT2D eigenvalue weighted by Crippen LogP contribution is 2.30. The summed E-state index contributed by atoms with van der Waals surface area (Å²) in [5.41, 5.74) is -0.143. The second-order valence-corrected chi connectivity index (χ2v) is 5.17. The fourth-order valence-corrected chi connectivity index (χ4v) is 2.31. The van der Waals surface area contributed by atoms with Crippen molar-refractivity contribution in [2.45, 2.75) is 50.9 Å². The lowest BCUT2D eigenvalue weighted by Gasteiger charge is -2.36. The minimum atomic E-state index is -0.916. The Morgan fingerprint density at radius 2 is 2.42 bits per heavy atom. The third-order valence-corrected chi connectivity index (χ3v) is 3.48. The summed E-state index contributed by atoms with van der Waals surface area (Å²) in [4.78, 5) is 15.8. The molecule has 0 aromatic carbocycles. The Balaban J connectivity index is 1.81. The molecule has 2 unspecified atom stereocenters. The van der Waals surface area contributed by atoms with Crippen LogP contribution in [-0.2, 0) is 11.3 Å². The monoisotopic (exact) mass is 264 g/mol. The highest BCUT2D eigenvalue weighted by atomic mass is 16.6. The quantitative estimate of drug-likeness (QED) is 0.876. The topological polar surface area (TPSA) is 71.5 Å². The van der Waals surface area contributed by atoms with Crippen LogP contribution in [-0.4, -0.2) is 27.9 Å². The number of alkyl carbamates (subject to hydrolysis) is 1. The van der Waals surface area contributed by atoms with Gasteiger partial charge in [-0.1, -0.05) is 12.5 Å². The van der Waals surface area contributed by atoms with E-state index in [1.807, 2.05) is 18.2 Å². The van der Waals surface area contributed by atoms with E-state index in [4.69, 9.17) is 4.74 Å². The smallest absolute Gasteiger partial charge is 0.407 e. The van der Waals surface area contributed by atoms with Gasteiger partial charge in [-0.2, -0.15) is 0 Å². The van der Waals surface area contributed by atoms with Gasteiger partial charge in [0.25, 0.3) is 0 Å². The number of carbonyl (C=O) groups excluding carboxylic acids is 1. The first-order chi connectivity index (χ1) is 9.08. The number of aliphatic hydroxyl groups is 1. The fourth-order valence-electron chi connectivity index (χ4n) is 2.31. The van der Waals surface area contributed by atoms with E-state index in [0.29, 0.717) is 19.4 Å². The molecule has 104 valence electrons. The number of hydrogen-bond acceptors (Lipinski definition) is 4. The molecule has 2 atom stereocenters. The average Bonchev–Trinajstić information content (AvgIpc) is 2.40. The van der Waals surface area contributed by atoms with Gasteiger partial charge in [0.15, 0.2) is 0 Å². The van der Waals surface area contributed by atoms with Crippen molar-refractivity contribution in [1.82, 2.24) is 10.3 Å². The summed E-state index contributed by atoms with van der Waals surface area (Å²) in [6, 6.07) is 5.51. The highest BCUT2D eigenvalue weighted by Gasteiger charge is 2.37. The van der Waals surface area contributed by atoms with Crippen LogP contribution < -0.4 is 5.32 Å². The molecule has 1 amide bonds. The number of nitrogens with one attached hydrogen (secondary N) is 1. The molecule has 2 N–H and O–H groups in total. The Hall–Kier alpha value is -1.62. The van der Waals surface area contributed by atoms with Crippen LogP contribution in [0.5, 0.6) is 0 Å². The lowest BCUT2D eigenvalue weighted by Crippen LogP contribution is -2.46. The van der Waals surface area contributed by atoms with Crippen LogP contribution in [0.15, 0.2) is 24.4 Å². The van der Waals surface area contributed by atoms with E-state index in [0.717, 1.165) is 18.5 Å². The molecule has 1 aliphatic carbocycles. The lowest BCUT2D eigenvalue weighted by molar-refractivity contribution is -0.0908. The maximum atomic E-state index is 11.7. The largest absolute Gasteiger partial charge is 0.443 e. The number of aromatic nitrogens is 1. The summed E-state index contributed by atoms with van der Waals surface area (Å²) in [6.45, 7) is 2.05. The zero-order chi connectivity index (χ0) is 13.7. The number of hydrogen-bond donors (Lipinski definition) is 2. The van der Waals surface area contributed by atoms with E-state index >= 15 is 0 Å². The van der Waals surface area contributed by atoms with Gasteiger partial charge < -0.3 is 15.2 Å². The fraction of sp³-hybridized carbons (Fsp3) is 0.571. The average molecular weight is 264 g/mol. The molecular formula is C14H20N2O3. The van der Waals surface area contributed by atoms with Gasteiger partial charge in [0, 0.05) is 6.20 Å². The van der Waals surface area contributed by atoms with Crippen LogP contribution in [0.1, 0.15) is 38.3 Å². The molecule has 5 nitrogen and oxygen atoms in total. The first-order valence-electron chi connectivity index (χ1n) is 6.65. The van der Waals surface area contributed by atoms with Gasteiger partial charge in [0.2, 0.25) is 0 Å². The summed E-state index contributed by atoms with van der Waals surface area (Å²) in [5, 5.41) is 12.8. The van der Waals surface area contributed by atoms with Crippen LogP contribution in [0.2, 0.25) is 0 Å². The van der Waals surface area contributed by atoms with Crippen molar-refractivity contribution in [1.29, 1.82) is 0 Å². The minimum Gasteiger partial charge on any atom is -0.443 e. The van der Waals surface area contributed by atoms with Crippen molar-refractivity contribution >= 4 is 6.09 Å². The molecule has 2 rings (SSSR count). The molecule has 0 spiro atoms. The highest BCUT2D eigenvalue weighted by molar-refractivity contribution is 5.67. The molecule has 0 aliphatic heterocycles. The molecule has 1 saturated carbocycles. The van der Waals surface area contributed by atoms with E-state index < -0.39 is 17.8 Å². The van der Waals surface area contributed by atoms with Crippen molar-refractivity contribution in [3.63, 3.8) is 0 Å². The van der Waals surface area contributed by atoms with Crippen LogP contribution >= 0.6 is 0 Å². The summed E-state index contributed by atoms with van der Waals surface area (Å²) in [7, 11) is 0. The normalized spacial score (nSPS) is 26.7. The zero-order valence-electron chi connectivity index (χ0n) is 11.1. The van der Waals surface area contributed by atoms with Crippen LogP contribution in [0, 0.1) is 0 Å². The van der Waals surface area contributed by atoms with Gasteiger partial charge in [0.05, 0.1) is 17.8 Å². The van der Waals surface area contributed by atoms with Crippen LogP contribution in [0.4, 0.5) is 4.79 Å². The Morgan fingerprint density at radius 3 is 3.11 bits per heavy atom. The van der Waals surface area contributed by atoms with Gasteiger partial charge in [-0.15, -0.1) is 0 Å². The maximum absolute atomic E-state index is 11.7. The summed E-state index contributed by atoms with van der Waals surface area (Å²) < 4.78 is 5.30. The van der Waals surface area contributed by atoms with Gasteiger partial charge >= 0.3 is 6.09 Å². The Kier molecular flexibility index (Phi) is 4.37. The van der Waals surface area contributed by atoms with Gasteiger partial charge in [0.1, 0.15) is 6.10 Å². The van der Waals surface area contributed by atoms with E-state index in [9.17, 15) is 9.90 Å². The lowest BCUT2D eigenvalue weighted by atomic mass is 9.84. The predicted octanol–water partition coefficient (Wildman–Crippen LogP) is 2.00. The van der Waals surface area contributed by atoms with Gasteiger partial charge in [-0.05, 0) is 38.3 Å². The standard InChI is InChI=1S/C14H20N2O3/c1-14(18)8-4-2-7-12(14)19-13(17)16-10-11-6-3-5-9-15-11/h3,5-6,9,12,18H,2,4,7-8,10H2,1H3,(H,16,17). The van der Waals surface area contributed by atoms with E-state index in [1.165, 1.54) is 0 Å². The third-order valence-electron chi connectivity index (χ3n) is 3.48. The van der Waals surface area contributed by atoms with E-state index in [1.54, 1.807) is 13.1 Å². The van der Waals surface area contributed by atoms with Crippen molar-refractivity contribution in [2.75, 3.05) is 0 Å². The number of rotatable bonds is 3. The molecule has 1 aliphatic rings. The zero-order valence-corrected chi connectivity index (χ0v) is 11.1. The molecule has 0 saturated heterocycles. The molecule has 5 heteroatoms. The minimum absolute atomic E-state index is 0.328. The SMILES string of the molecule is CC1(O)CCCCC1OC(=O)NCc1ccccn1. The van der Waals surface area contributed by atoms with Crippen LogP contribution in [0.3, 0.4) is 0 Å². The first-order valence-corrected chi connectivity index (χ1v) is 6.65. The van der Waals surface area contributed by atoms with E-state index in [-0.39, 0.29) is 0 Å². The number of carbonyl (C=O) groups is 1. The number of ether oxygens (including phenoxy) is 1. The van der Waals surface area contributed by atoms with E-state index in [2.05, 4.69) is 10.3 Å². The number of pyridine rings is 1. The molecule has 1 aromatic heterocycles. The van der Waals surface area contributed by atoms with Gasteiger partial charge in [-0.25, -0.2) is 4.79 Å². The second kappa shape index (κ2) is 6.02. The molecule has 19 heavy (non-hydrogen) atoms. The first kappa shape index (κ1) is 13.8. The number of amides is 1. The summed E-state index contributed by atoms with van der Waals surface area (Å²) in [6.07, 6.45) is 4.09. The molecular weight excluding hydrogens is 244 g/mol. The second-order valence-electron chi connectivity index (χ2n) is 5.17. The molecule has 0 bridgehead atoms. The molecule has 1 heterocycles. The van der Waals surface area contributed by atoms with Crippen molar-refractivity contribution < 1.29 is 14.6 Å². The Labute approximate surface area is 113 Å². The maximum Gasteiger partial charge on any atom is 0.407 e. The van der Waals surface area contributed by atoms with Crippen molar-refractivity contribution in [2.24, 2.45) is 0 Å². The molecule has 1 fully saturated rings. The summed E-state index contributed by atoms with van der Waals surface area (Å²) in [5.74, 6) is 0. The van der Waals surface area contributed by atoms with Crippen molar-refractivity contribution in [3.8, 4) is 0 Å². The predicted molar refractivity (Wildman–Crippen MR) is 70.4 cm³/mol. The summed E-state index contributed by atoms with van der Waals surface area (Å²) >= 11 is 0. The third kappa shape index (κ3) is 3.92. The van der Waals surface area contributed by atoms with Crippen molar-refractivity contribution in [3.05, 3.63) is 30.1 Å². The molecule has 1 aromatic rings.